The first-order valence-electron chi connectivity index (χ1n) is 7.69. The summed E-state index contributed by atoms with van der Waals surface area (Å²) in [5, 5.41) is 11.4. The maximum absolute atomic E-state index is 11.9. The number of hydrogen-bond acceptors (Lipinski definition) is 4. The Morgan fingerprint density at radius 2 is 1.96 bits per heavy atom. The highest BCUT2D eigenvalue weighted by atomic mass is 79.9. The monoisotopic (exact) mass is 418 g/mol. The summed E-state index contributed by atoms with van der Waals surface area (Å²) in [6.07, 6.45) is -0.430. The van der Waals surface area contributed by atoms with E-state index in [0.717, 1.165) is 4.47 Å². The fraction of sp³-hybridized carbons (Fsp3) is 0.625. The van der Waals surface area contributed by atoms with Gasteiger partial charge in [-0.3, -0.25) is 4.99 Å². The minimum atomic E-state index is -0.514. The number of hydrogen-bond donors (Lipinski definition) is 3. The third-order valence-corrected chi connectivity index (χ3v) is 4.51. The highest BCUT2D eigenvalue weighted by Gasteiger charge is 2.24. The van der Waals surface area contributed by atoms with Crippen molar-refractivity contribution in [3.63, 3.8) is 0 Å². The summed E-state index contributed by atoms with van der Waals surface area (Å²) in [6.45, 7) is 10.6. The third-order valence-electron chi connectivity index (χ3n) is 2.81. The summed E-state index contributed by atoms with van der Waals surface area (Å²) in [6, 6.07) is 2.07. The van der Waals surface area contributed by atoms with Crippen molar-refractivity contribution in [1.82, 2.24) is 16.0 Å². The number of nitrogens with zero attached hydrogens (tertiary/aromatic N) is 1. The average molecular weight is 419 g/mol. The molecule has 24 heavy (non-hydrogen) atoms. The van der Waals surface area contributed by atoms with Crippen LogP contribution in [0.25, 0.3) is 0 Å². The zero-order valence-corrected chi connectivity index (χ0v) is 17.5. The van der Waals surface area contributed by atoms with E-state index in [9.17, 15) is 4.79 Å². The van der Waals surface area contributed by atoms with Crippen molar-refractivity contribution in [2.24, 2.45) is 4.99 Å². The van der Waals surface area contributed by atoms with Crippen LogP contribution in [0.5, 0.6) is 0 Å². The number of carbonyl (C=O) groups excluding carboxylic acids is 1. The number of halogens is 1. The minimum absolute atomic E-state index is 0.430. The van der Waals surface area contributed by atoms with E-state index in [2.05, 4.69) is 42.9 Å². The highest BCUT2D eigenvalue weighted by molar-refractivity contribution is 9.10. The van der Waals surface area contributed by atoms with E-state index >= 15 is 0 Å². The largest absolute Gasteiger partial charge is 0.444 e. The summed E-state index contributed by atoms with van der Waals surface area (Å²) in [4.78, 5) is 17.3. The van der Waals surface area contributed by atoms with E-state index in [-0.39, 0.29) is 0 Å². The molecule has 0 unspecified atom stereocenters. The molecule has 0 aliphatic heterocycles. The molecular formula is C16H27BrN4O2S. The van der Waals surface area contributed by atoms with Crippen molar-refractivity contribution in [1.29, 1.82) is 0 Å². The Bertz CT molecular complexity index is 579. The van der Waals surface area contributed by atoms with Gasteiger partial charge in [0.1, 0.15) is 5.60 Å². The number of alkyl carbamates (subject to hydrolysis) is 1. The predicted octanol–water partition coefficient (Wildman–Crippen LogP) is 3.48. The number of guanidine groups is 1. The molecule has 0 aromatic carbocycles. The first-order chi connectivity index (χ1) is 11.0. The number of amides is 1. The first-order valence-corrected chi connectivity index (χ1v) is 9.36. The van der Waals surface area contributed by atoms with Crippen LogP contribution in [0.4, 0.5) is 4.79 Å². The fourth-order valence-corrected chi connectivity index (χ4v) is 3.16. The van der Waals surface area contributed by atoms with Gasteiger partial charge in [-0.25, -0.2) is 4.79 Å². The molecule has 1 aromatic heterocycles. The molecule has 0 saturated heterocycles. The minimum Gasteiger partial charge on any atom is -0.444 e. The van der Waals surface area contributed by atoms with Crippen LogP contribution < -0.4 is 16.0 Å². The van der Waals surface area contributed by atoms with Gasteiger partial charge < -0.3 is 20.7 Å². The van der Waals surface area contributed by atoms with E-state index in [1.54, 1.807) is 18.4 Å². The van der Waals surface area contributed by atoms with E-state index in [0.29, 0.717) is 19.0 Å². The van der Waals surface area contributed by atoms with Gasteiger partial charge in [0.2, 0.25) is 0 Å². The number of carbonyl (C=O) groups is 1. The van der Waals surface area contributed by atoms with Gasteiger partial charge in [-0.05, 0) is 56.6 Å². The average Bonchev–Trinajstić information content (AvgIpc) is 2.81. The lowest BCUT2D eigenvalue weighted by Crippen LogP contribution is -2.54. The molecule has 1 rings (SSSR count). The molecule has 0 radical (unpaired) electrons. The van der Waals surface area contributed by atoms with Gasteiger partial charge in [0, 0.05) is 28.3 Å². The van der Waals surface area contributed by atoms with Crippen molar-refractivity contribution in [2.45, 2.75) is 52.3 Å². The molecule has 1 amide bonds. The van der Waals surface area contributed by atoms with Gasteiger partial charge in [-0.1, -0.05) is 0 Å². The number of ether oxygens (including phenoxy) is 1. The van der Waals surface area contributed by atoms with Gasteiger partial charge in [0.05, 0.1) is 12.1 Å². The van der Waals surface area contributed by atoms with Crippen LogP contribution in [0.15, 0.2) is 20.9 Å². The lowest BCUT2D eigenvalue weighted by atomic mass is 10.1. The quantitative estimate of drug-likeness (QED) is 0.505. The Balaban J connectivity index is 2.44. The zero-order valence-electron chi connectivity index (χ0n) is 15.1. The number of nitrogens with one attached hydrogen (secondary N) is 3. The Morgan fingerprint density at radius 3 is 2.46 bits per heavy atom. The second-order valence-electron chi connectivity index (χ2n) is 7.02. The Kier molecular flexibility index (Phi) is 7.54. The second kappa shape index (κ2) is 8.71. The Morgan fingerprint density at radius 1 is 1.29 bits per heavy atom. The molecular weight excluding hydrogens is 392 g/mol. The molecule has 0 bridgehead atoms. The SMILES string of the molecule is CN=C(NCc1cc(Br)cs1)NCC(C)(C)NC(=O)OC(C)(C)C. The van der Waals surface area contributed by atoms with E-state index in [1.807, 2.05) is 40.0 Å². The lowest BCUT2D eigenvalue weighted by Gasteiger charge is -2.29. The molecule has 1 aromatic rings. The summed E-state index contributed by atoms with van der Waals surface area (Å²) in [5.41, 5.74) is -0.994. The maximum atomic E-state index is 11.9. The molecule has 8 heteroatoms. The van der Waals surface area contributed by atoms with Crippen LogP contribution >= 0.6 is 27.3 Å². The predicted molar refractivity (Wildman–Crippen MR) is 104 cm³/mol. The first kappa shape index (κ1) is 20.8. The number of aliphatic imine (C=N–C) groups is 1. The molecule has 0 atom stereocenters. The van der Waals surface area contributed by atoms with Gasteiger partial charge in [0.15, 0.2) is 5.96 Å². The van der Waals surface area contributed by atoms with Crippen molar-refractivity contribution < 1.29 is 9.53 Å². The number of thiophene rings is 1. The van der Waals surface area contributed by atoms with Crippen LogP contribution in [0.2, 0.25) is 0 Å². The standard InChI is InChI=1S/C16H27BrN4O2S/c1-15(2,3)23-14(22)21-16(4,5)10-20-13(18-6)19-8-12-7-11(17)9-24-12/h7,9H,8,10H2,1-6H3,(H,21,22)(H2,18,19,20). The second-order valence-corrected chi connectivity index (χ2v) is 8.93. The van der Waals surface area contributed by atoms with Crippen molar-refractivity contribution in [3.05, 3.63) is 20.8 Å². The third kappa shape index (κ3) is 8.54. The Hall–Kier alpha value is -1.28. The topological polar surface area (TPSA) is 74.8 Å². The van der Waals surface area contributed by atoms with Crippen molar-refractivity contribution in [3.8, 4) is 0 Å². The van der Waals surface area contributed by atoms with E-state index < -0.39 is 17.2 Å². The molecule has 0 fully saturated rings. The van der Waals surface area contributed by atoms with Gasteiger partial charge in [-0.15, -0.1) is 11.3 Å². The normalized spacial score (nSPS) is 12.7. The molecule has 0 saturated carbocycles. The maximum Gasteiger partial charge on any atom is 0.408 e. The van der Waals surface area contributed by atoms with Crippen LogP contribution in [0.3, 0.4) is 0 Å². The van der Waals surface area contributed by atoms with E-state index in [4.69, 9.17) is 4.74 Å². The fourth-order valence-electron chi connectivity index (χ4n) is 1.77. The van der Waals surface area contributed by atoms with Crippen LogP contribution in [-0.4, -0.2) is 36.8 Å². The lowest BCUT2D eigenvalue weighted by molar-refractivity contribution is 0.0474. The Labute approximate surface area is 156 Å². The molecule has 0 spiro atoms. The molecule has 0 aliphatic carbocycles. The van der Waals surface area contributed by atoms with Gasteiger partial charge in [-0.2, -0.15) is 0 Å². The summed E-state index contributed by atoms with van der Waals surface area (Å²) < 4.78 is 6.37. The molecule has 1 heterocycles. The highest BCUT2D eigenvalue weighted by Crippen LogP contribution is 2.19. The van der Waals surface area contributed by atoms with Crippen molar-refractivity contribution >= 4 is 39.3 Å². The van der Waals surface area contributed by atoms with Crippen molar-refractivity contribution in [2.75, 3.05) is 13.6 Å². The molecule has 136 valence electrons. The zero-order chi connectivity index (χ0) is 18.4. The summed E-state index contributed by atoms with van der Waals surface area (Å²) >= 11 is 5.11. The van der Waals surface area contributed by atoms with Crippen LogP contribution in [0, 0.1) is 0 Å². The van der Waals surface area contributed by atoms with Gasteiger partial charge in [0.25, 0.3) is 0 Å². The molecule has 6 nitrogen and oxygen atoms in total. The van der Waals surface area contributed by atoms with Crippen LogP contribution in [-0.2, 0) is 11.3 Å². The van der Waals surface area contributed by atoms with Gasteiger partial charge >= 0.3 is 6.09 Å². The molecule has 3 N–H and O–H groups in total. The van der Waals surface area contributed by atoms with E-state index in [1.165, 1.54) is 4.88 Å². The summed E-state index contributed by atoms with van der Waals surface area (Å²) in [5.74, 6) is 0.679. The smallest absolute Gasteiger partial charge is 0.408 e. The number of rotatable bonds is 5. The molecule has 0 aliphatic rings. The van der Waals surface area contributed by atoms with Crippen LogP contribution in [0.1, 0.15) is 39.5 Å². The summed E-state index contributed by atoms with van der Waals surface area (Å²) in [7, 11) is 1.72.